The molecule has 1 amide bonds. The molecule has 2 heterocycles. The number of carbonyl (C=O) groups is 1. The second-order valence-corrected chi connectivity index (χ2v) is 9.43. The van der Waals surface area contributed by atoms with Crippen molar-refractivity contribution in [2.45, 2.75) is 46.1 Å². The van der Waals surface area contributed by atoms with Crippen LogP contribution < -0.4 is 4.74 Å². The Morgan fingerprint density at radius 1 is 1.06 bits per heavy atom. The highest BCUT2D eigenvalue weighted by atomic mass is 16.5. The highest BCUT2D eigenvalue weighted by Crippen LogP contribution is 2.30. The summed E-state index contributed by atoms with van der Waals surface area (Å²) in [5.74, 6) is 1.40. The van der Waals surface area contributed by atoms with E-state index in [1.165, 1.54) is 5.56 Å². The van der Waals surface area contributed by atoms with E-state index in [9.17, 15) is 4.79 Å². The van der Waals surface area contributed by atoms with Crippen LogP contribution in [-0.2, 0) is 13.0 Å². The van der Waals surface area contributed by atoms with Crippen LogP contribution >= 0.6 is 0 Å². The van der Waals surface area contributed by atoms with Crippen molar-refractivity contribution in [1.82, 2.24) is 14.4 Å². The molecule has 5 heteroatoms. The summed E-state index contributed by atoms with van der Waals surface area (Å²) < 4.78 is 7.98. The van der Waals surface area contributed by atoms with Crippen LogP contribution in [0.1, 0.15) is 49.0 Å². The smallest absolute Gasteiger partial charge is 0.257 e. The van der Waals surface area contributed by atoms with Crippen molar-refractivity contribution < 1.29 is 9.53 Å². The van der Waals surface area contributed by atoms with Crippen molar-refractivity contribution in [3.63, 3.8) is 0 Å². The molecule has 1 saturated heterocycles. The molecule has 0 unspecified atom stereocenters. The van der Waals surface area contributed by atoms with Gasteiger partial charge in [0.05, 0.1) is 18.2 Å². The minimum Gasteiger partial charge on any atom is -0.496 e. The summed E-state index contributed by atoms with van der Waals surface area (Å²) in [6, 6.07) is 16.9. The van der Waals surface area contributed by atoms with Gasteiger partial charge in [0.1, 0.15) is 5.75 Å². The number of aryl methyl sites for hydroxylation is 1. The van der Waals surface area contributed by atoms with Gasteiger partial charge >= 0.3 is 0 Å². The summed E-state index contributed by atoms with van der Waals surface area (Å²) >= 11 is 0. The number of ether oxygens (including phenoxy) is 1. The average Bonchev–Trinajstić information content (AvgIpc) is 3.28. The molecule has 0 bridgehead atoms. The van der Waals surface area contributed by atoms with Gasteiger partial charge in [0.15, 0.2) is 0 Å². The van der Waals surface area contributed by atoms with Crippen molar-refractivity contribution in [2.75, 3.05) is 39.8 Å². The van der Waals surface area contributed by atoms with E-state index in [2.05, 4.69) is 65.9 Å². The quantitative estimate of drug-likeness (QED) is 0.401. The van der Waals surface area contributed by atoms with Crippen LogP contribution in [0, 0.1) is 5.92 Å². The third kappa shape index (κ3) is 5.64. The number of aromatic nitrogens is 1. The van der Waals surface area contributed by atoms with Gasteiger partial charge in [-0.25, -0.2) is 0 Å². The van der Waals surface area contributed by atoms with E-state index in [-0.39, 0.29) is 5.91 Å². The molecular formula is C29H39N3O2. The summed E-state index contributed by atoms with van der Waals surface area (Å²) in [5.41, 5.74) is 3.20. The van der Waals surface area contributed by atoms with E-state index in [0.717, 1.165) is 75.9 Å². The first-order valence-corrected chi connectivity index (χ1v) is 12.8. The highest BCUT2D eigenvalue weighted by molar-refractivity contribution is 6.01. The summed E-state index contributed by atoms with van der Waals surface area (Å²) in [4.78, 5) is 17.9. The van der Waals surface area contributed by atoms with Gasteiger partial charge in [0.25, 0.3) is 5.91 Å². The fourth-order valence-electron chi connectivity index (χ4n) is 5.21. The number of rotatable bonds is 10. The Labute approximate surface area is 204 Å². The molecule has 4 rings (SSSR count). The predicted octanol–water partition coefficient (Wildman–Crippen LogP) is 5.48. The van der Waals surface area contributed by atoms with Gasteiger partial charge in [-0.1, -0.05) is 44.2 Å². The van der Waals surface area contributed by atoms with Crippen molar-refractivity contribution in [3.05, 3.63) is 65.9 Å². The van der Waals surface area contributed by atoms with Crippen LogP contribution in [0.25, 0.3) is 10.9 Å². The molecule has 0 N–H and O–H groups in total. The molecule has 3 aromatic rings. The molecule has 2 aromatic carbocycles. The van der Waals surface area contributed by atoms with E-state index in [0.29, 0.717) is 17.2 Å². The van der Waals surface area contributed by atoms with E-state index < -0.39 is 0 Å². The molecule has 0 spiro atoms. The molecule has 0 saturated carbocycles. The van der Waals surface area contributed by atoms with Gasteiger partial charge < -0.3 is 19.1 Å². The lowest BCUT2D eigenvalue weighted by molar-refractivity contribution is 0.0687. The second-order valence-electron chi connectivity index (χ2n) is 9.43. The molecule has 5 nitrogen and oxygen atoms in total. The van der Waals surface area contributed by atoms with E-state index >= 15 is 0 Å². The minimum absolute atomic E-state index is 0.0891. The maximum Gasteiger partial charge on any atom is 0.257 e. The van der Waals surface area contributed by atoms with E-state index in [1.807, 2.05) is 17.0 Å². The monoisotopic (exact) mass is 461 g/mol. The topological polar surface area (TPSA) is 37.7 Å². The zero-order valence-electron chi connectivity index (χ0n) is 21.0. The molecular weight excluding hydrogens is 422 g/mol. The van der Waals surface area contributed by atoms with Crippen LogP contribution in [0.4, 0.5) is 0 Å². The highest BCUT2D eigenvalue weighted by Gasteiger charge is 2.26. The number of piperidine rings is 1. The Kier molecular flexibility index (Phi) is 8.28. The average molecular weight is 462 g/mol. The van der Waals surface area contributed by atoms with Crippen LogP contribution in [0.2, 0.25) is 0 Å². The Hall–Kier alpha value is -2.79. The molecule has 0 radical (unpaired) electrons. The normalized spacial score (nSPS) is 14.8. The standard InChI is InChI=1S/C29H39N3O2/c1-4-30(5-2)15-9-16-31-19-14-25-21-26(28(34-3)22-27(25)31)29(33)32-17-12-24(13-18-32)20-23-10-7-6-8-11-23/h6-8,10-11,14,19,21-22,24H,4-5,9,12-13,15-18,20H2,1-3H3. The number of methoxy groups -OCH3 is 1. The van der Waals surface area contributed by atoms with Crippen molar-refractivity contribution >= 4 is 16.8 Å². The van der Waals surface area contributed by atoms with Crippen molar-refractivity contribution in [3.8, 4) is 5.75 Å². The van der Waals surface area contributed by atoms with Gasteiger partial charge in [-0.15, -0.1) is 0 Å². The Balaban J connectivity index is 1.41. The molecule has 1 aromatic heterocycles. The zero-order valence-corrected chi connectivity index (χ0v) is 21.0. The summed E-state index contributed by atoms with van der Waals surface area (Å²) in [6.45, 7) is 10.3. The SMILES string of the molecule is CCN(CC)CCCn1ccc2cc(C(=O)N3CCC(Cc4ccccc4)CC3)c(OC)cc21. The maximum atomic E-state index is 13.4. The molecule has 1 aliphatic rings. The lowest BCUT2D eigenvalue weighted by Crippen LogP contribution is -2.39. The number of amides is 1. The first-order valence-electron chi connectivity index (χ1n) is 12.8. The summed E-state index contributed by atoms with van der Waals surface area (Å²) in [6.07, 6.45) is 6.43. The molecule has 182 valence electrons. The molecule has 34 heavy (non-hydrogen) atoms. The van der Waals surface area contributed by atoms with Crippen LogP contribution in [0.3, 0.4) is 0 Å². The predicted molar refractivity (Wildman–Crippen MR) is 140 cm³/mol. The fraction of sp³-hybridized carbons (Fsp3) is 0.483. The van der Waals surface area contributed by atoms with E-state index in [4.69, 9.17) is 4.74 Å². The number of nitrogens with zero attached hydrogens (tertiary/aromatic N) is 3. The summed E-state index contributed by atoms with van der Waals surface area (Å²) in [7, 11) is 1.66. The Morgan fingerprint density at radius 3 is 2.47 bits per heavy atom. The van der Waals surface area contributed by atoms with Crippen molar-refractivity contribution in [2.24, 2.45) is 5.92 Å². The molecule has 0 atom stereocenters. The fourth-order valence-corrected chi connectivity index (χ4v) is 5.21. The zero-order chi connectivity index (χ0) is 23.9. The van der Waals surface area contributed by atoms with Crippen LogP contribution in [0.5, 0.6) is 5.75 Å². The number of likely N-dealkylation sites (tertiary alicyclic amines) is 1. The third-order valence-electron chi connectivity index (χ3n) is 7.36. The molecule has 0 aliphatic carbocycles. The molecule has 1 aliphatic heterocycles. The van der Waals surface area contributed by atoms with Crippen molar-refractivity contribution in [1.29, 1.82) is 0 Å². The number of fused-ring (bicyclic) bond motifs is 1. The lowest BCUT2D eigenvalue weighted by Gasteiger charge is -2.32. The van der Waals surface area contributed by atoms with Crippen LogP contribution in [0.15, 0.2) is 54.7 Å². The van der Waals surface area contributed by atoms with Gasteiger partial charge in [-0.3, -0.25) is 4.79 Å². The van der Waals surface area contributed by atoms with E-state index in [1.54, 1.807) is 7.11 Å². The first-order chi connectivity index (χ1) is 16.6. The Bertz CT molecular complexity index is 1060. The van der Waals surface area contributed by atoms with Crippen LogP contribution in [-0.4, -0.2) is 60.1 Å². The van der Waals surface area contributed by atoms with Gasteiger partial charge in [-0.2, -0.15) is 0 Å². The van der Waals surface area contributed by atoms with Gasteiger partial charge in [-0.05, 0) is 68.9 Å². The van der Waals surface area contributed by atoms with Gasteiger partial charge in [0, 0.05) is 37.3 Å². The van der Waals surface area contributed by atoms with Gasteiger partial charge in [0.2, 0.25) is 0 Å². The number of benzene rings is 2. The summed E-state index contributed by atoms with van der Waals surface area (Å²) in [5, 5.41) is 1.10. The third-order valence-corrected chi connectivity index (χ3v) is 7.36. The first kappa shape index (κ1) is 24.3. The number of carbonyl (C=O) groups excluding carboxylic acids is 1. The maximum absolute atomic E-state index is 13.4. The molecule has 1 fully saturated rings. The number of hydrogen-bond acceptors (Lipinski definition) is 3. The largest absolute Gasteiger partial charge is 0.496 e. The number of hydrogen-bond donors (Lipinski definition) is 0. The second kappa shape index (κ2) is 11.6. The lowest BCUT2D eigenvalue weighted by atomic mass is 9.90. The minimum atomic E-state index is 0.0891. The Morgan fingerprint density at radius 2 is 1.79 bits per heavy atom.